The predicted octanol–water partition coefficient (Wildman–Crippen LogP) is 1.91. The van der Waals surface area contributed by atoms with E-state index in [1.165, 1.54) is 11.1 Å². The second-order valence-corrected chi connectivity index (χ2v) is 7.32. The molecule has 1 fully saturated rings. The van der Waals surface area contributed by atoms with Crippen LogP contribution in [0.25, 0.3) is 0 Å². The number of fused-ring (bicyclic) bond motifs is 2. The quantitative estimate of drug-likeness (QED) is 0.904. The van der Waals surface area contributed by atoms with E-state index < -0.39 is 0 Å². The van der Waals surface area contributed by atoms with E-state index in [0.717, 1.165) is 12.8 Å². The van der Waals surface area contributed by atoms with Crippen LogP contribution in [0.1, 0.15) is 27.9 Å². The summed E-state index contributed by atoms with van der Waals surface area (Å²) in [5.41, 5.74) is 3.16. The minimum Gasteiger partial charge on any atom is -0.454 e. The molecule has 1 N–H and O–H groups in total. The number of hydrogen-bond donors (Lipinski definition) is 1. The molecule has 6 heteroatoms. The molecule has 1 aliphatic carbocycles. The van der Waals surface area contributed by atoms with E-state index in [1.807, 2.05) is 17.0 Å². The van der Waals surface area contributed by atoms with Crippen molar-refractivity contribution in [2.45, 2.75) is 31.3 Å². The summed E-state index contributed by atoms with van der Waals surface area (Å²) in [6.45, 7) is 0.740. The highest BCUT2D eigenvalue weighted by molar-refractivity contribution is 5.95. The predicted molar refractivity (Wildman–Crippen MR) is 97.8 cm³/mol. The zero-order chi connectivity index (χ0) is 18.4. The number of ether oxygens (including phenoxy) is 2. The average molecular weight is 364 g/mol. The largest absolute Gasteiger partial charge is 0.454 e. The molecular weight excluding hydrogens is 344 g/mol. The SMILES string of the molecule is O=C(NC1CC(=O)N(C2Cc3ccccc3C2)C1)c1ccc2c(c1)OCO2. The summed E-state index contributed by atoms with van der Waals surface area (Å²) in [6.07, 6.45) is 2.14. The molecule has 1 atom stereocenters. The summed E-state index contributed by atoms with van der Waals surface area (Å²) in [5.74, 6) is 1.15. The number of nitrogens with zero attached hydrogens (tertiary/aromatic N) is 1. The molecule has 5 rings (SSSR count). The van der Waals surface area contributed by atoms with Gasteiger partial charge in [-0.15, -0.1) is 0 Å². The third-order valence-corrected chi connectivity index (χ3v) is 5.60. The molecule has 1 saturated heterocycles. The van der Waals surface area contributed by atoms with Crippen molar-refractivity contribution in [1.29, 1.82) is 0 Å². The number of carbonyl (C=O) groups excluding carboxylic acids is 2. The van der Waals surface area contributed by atoms with E-state index >= 15 is 0 Å². The Labute approximate surface area is 157 Å². The Balaban J connectivity index is 1.24. The number of amides is 2. The van der Waals surface area contributed by atoms with Crippen LogP contribution in [0.5, 0.6) is 11.5 Å². The van der Waals surface area contributed by atoms with Crippen molar-refractivity contribution in [2.24, 2.45) is 0 Å². The van der Waals surface area contributed by atoms with E-state index in [1.54, 1.807) is 18.2 Å². The van der Waals surface area contributed by atoms with E-state index in [0.29, 0.717) is 30.0 Å². The van der Waals surface area contributed by atoms with Crippen molar-refractivity contribution >= 4 is 11.8 Å². The van der Waals surface area contributed by atoms with Crippen LogP contribution in [0.4, 0.5) is 0 Å². The highest BCUT2D eigenvalue weighted by atomic mass is 16.7. The Bertz CT molecular complexity index is 901. The fraction of sp³-hybridized carbons (Fsp3) is 0.333. The molecule has 27 heavy (non-hydrogen) atoms. The fourth-order valence-corrected chi connectivity index (χ4v) is 4.24. The van der Waals surface area contributed by atoms with Gasteiger partial charge in [0.15, 0.2) is 11.5 Å². The summed E-state index contributed by atoms with van der Waals surface area (Å²) in [4.78, 5) is 27.0. The van der Waals surface area contributed by atoms with Gasteiger partial charge in [0.05, 0.1) is 6.04 Å². The van der Waals surface area contributed by atoms with Gasteiger partial charge in [-0.25, -0.2) is 0 Å². The third kappa shape index (κ3) is 2.91. The van der Waals surface area contributed by atoms with Gasteiger partial charge in [-0.05, 0) is 42.2 Å². The van der Waals surface area contributed by atoms with Gasteiger partial charge in [0, 0.05) is 24.6 Å². The maximum absolute atomic E-state index is 12.6. The van der Waals surface area contributed by atoms with E-state index in [9.17, 15) is 9.59 Å². The maximum Gasteiger partial charge on any atom is 0.251 e. The fourth-order valence-electron chi connectivity index (χ4n) is 4.24. The Hall–Kier alpha value is -3.02. The zero-order valence-corrected chi connectivity index (χ0v) is 14.8. The molecule has 2 aliphatic heterocycles. The highest BCUT2D eigenvalue weighted by Gasteiger charge is 2.37. The lowest BCUT2D eigenvalue weighted by Crippen LogP contribution is -2.41. The zero-order valence-electron chi connectivity index (χ0n) is 14.8. The van der Waals surface area contributed by atoms with Crippen molar-refractivity contribution < 1.29 is 19.1 Å². The standard InChI is InChI=1S/C21H20N2O4/c24-20-10-16(11-23(20)17-7-13-3-1-2-4-14(13)8-17)22-21(25)15-5-6-18-19(9-15)27-12-26-18/h1-6,9,16-17H,7-8,10-12H2,(H,22,25). The van der Waals surface area contributed by atoms with Gasteiger partial charge in [-0.1, -0.05) is 24.3 Å². The summed E-state index contributed by atoms with van der Waals surface area (Å²) >= 11 is 0. The number of rotatable bonds is 3. The molecule has 0 aromatic heterocycles. The van der Waals surface area contributed by atoms with E-state index in [2.05, 4.69) is 17.4 Å². The van der Waals surface area contributed by atoms with E-state index in [4.69, 9.17) is 9.47 Å². The molecular formula is C21H20N2O4. The van der Waals surface area contributed by atoms with Crippen molar-refractivity contribution in [3.63, 3.8) is 0 Å². The summed E-state index contributed by atoms with van der Waals surface area (Å²) in [7, 11) is 0. The first-order valence-corrected chi connectivity index (χ1v) is 9.24. The monoisotopic (exact) mass is 364 g/mol. The van der Waals surface area contributed by atoms with Gasteiger partial charge < -0.3 is 19.7 Å². The number of nitrogens with one attached hydrogen (secondary N) is 1. The van der Waals surface area contributed by atoms with Gasteiger partial charge in [-0.2, -0.15) is 0 Å². The molecule has 2 aromatic carbocycles. The van der Waals surface area contributed by atoms with Crippen LogP contribution in [0.3, 0.4) is 0 Å². The summed E-state index contributed by atoms with van der Waals surface area (Å²) in [5, 5.41) is 2.99. The van der Waals surface area contributed by atoms with Crippen molar-refractivity contribution in [3.05, 3.63) is 59.2 Å². The molecule has 2 aromatic rings. The number of hydrogen-bond acceptors (Lipinski definition) is 4. The van der Waals surface area contributed by atoms with Crippen LogP contribution in [0.2, 0.25) is 0 Å². The molecule has 0 bridgehead atoms. The van der Waals surface area contributed by atoms with E-state index in [-0.39, 0.29) is 30.7 Å². The molecule has 1 unspecified atom stereocenters. The first kappa shape index (κ1) is 16.2. The van der Waals surface area contributed by atoms with Crippen molar-refractivity contribution in [2.75, 3.05) is 13.3 Å². The lowest BCUT2D eigenvalue weighted by atomic mass is 10.1. The molecule has 0 saturated carbocycles. The molecule has 3 aliphatic rings. The van der Waals surface area contributed by atoms with Crippen molar-refractivity contribution in [3.8, 4) is 11.5 Å². The van der Waals surface area contributed by atoms with Gasteiger partial charge in [0.25, 0.3) is 5.91 Å². The van der Waals surface area contributed by atoms with Gasteiger partial charge in [0.2, 0.25) is 12.7 Å². The minimum atomic E-state index is -0.192. The molecule has 138 valence electrons. The van der Waals surface area contributed by atoms with Crippen LogP contribution >= 0.6 is 0 Å². The van der Waals surface area contributed by atoms with Gasteiger partial charge in [-0.3, -0.25) is 9.59 Å². The molecule has 2 heterocycles. The lowest BCUT2D eigenvalue weighted by molar-refractivity contribution is -0.129. The molecule has 0 radical (unpaired) electrons. The normalized spacial score (nSPS) is 20.8. The molecule has 6 nitrogen and oxygen atoms in total. The highest BCUT2D eigenvalue weighted by Crippen LogP contribution is 2.33. The van der Waals surface area contributed by atoms with Gasteiger partial charge in [0.1, 0.15) is 0 Å². The number of carbonyl (C=O) groups is 2. The maximum atomic E-state index is 12.6. The molecule has 0 spiro atoms. The second-order valence-electron chi connectivity index (χ2n) is 7.32. The second kappa shape index (κ2) is 6.30. The Morgan fingerprint density at radius 1 is 1.00 bits per heavy atom. The number of benzene rings is 2. The average Bonchev–Trinajstić information content (AvgIpc) is 3.38. The first-order chi connectivity index (χ1) is 13.2. The van der Waals surface area contributed by atoms with Crippen LogP contribution < -0.4 is 14.8 Å². The van der Waals surface area contributed by atoms with Crippen LogP contribution in [0.15, 0.2) is 42.5 Å². The lowest BCUT2D eigenvalue weighted by Gasteiger charge is -2.24. The van der Waals surface area contributed by atoms with Crippen LogP contribution in [-0.4, -0.2) is 42.1 Å². The Kier molecular flexibility index (Phi) is 3.77. The summed E-state index contributed by atoms with van der Waals surface area (Å²) in [6, 6.07) is 13.5. The van der Waals surface area contributed by atoms with Crippen LogP contribution in [-0.2, 0) is 17.6 Å². The topological polar surface area (TPSA) is 67.9 Å². The van der Waals surface area contributed by atoms with Crippen molar-refractivity contribution in [1.82, 2.24) is 10.2 Å². The first-order valence-electron chi connectivity index (χ1n) is 9.24. The van der Waals surface area contributed by atoms with Crippen LogP contribution in [0, 0.1) is 0 Å². The van der Waals surface area contributed by atoms with Gasteiger partial charge >= 0.3 is 0 Å². The Morgan fingerprint density at radius 2 is 1.74 bits per heavy atom. The third-order valence-electron chi connectivity index (χ3n) is 5.60. The summed E-state index contributed by atoms with van der Waals surface area (Å²) < 4.78 is 10.6. The number of likely N-dealkylation sites (tertiary alicyclic amines) is 1. The minimum absolute atomic E-state index is 0.115. The Morgan fingerprint density at radius 3 is 2.52 bits per heavy atom. The molecule has 2 amide bonds. The smallest absolute Gasteiger partial charge is 0.251 e.